The predicted octanol–water partition coefficient (Wildman–Crippen LogP) is 5.58. The monoisotopic (exact) mass is 545 g/mol. The molecule has 1 aliphatic heterocycles. The van der Waals surface area contributed by atoms with Crippen LogP contribution in [0.3, 0.4) is 0 Å². The molecule has 10 heteroatoms. The van der Waals surface area contributed by atoms with Gasteiger partial charge in [0.15, 0.2) is 5.43 Å². The van der Waals surface area contributed by atoms with E-state index in [9.17, 15) is 22.4 Å². The predicted molar refractivity (Wildman–Crippen MR) is 146 cm³/mol. The van der Waals surface area contributed by atoms with E-state index in [4.69, 9.17) is 9.47 Å². The highest BCUT2D eigenvalue weighted by Gasteiger charge is 2.25. The Hall–Kier alpha value is -4.20. The highest BCUT2D eigenvalue weighted by atomic mass is 32.3. The zero-order valence-electron chi connectivity index (χ0n) is 21.0. The lowest BCUT2D eigenvalue weighted by Gasteiger charge is -2.28. The molecule has 1 aliphatic rings. The molecular weight excluding hydrogens is 521 g/mol. The summed E-state index contributed by atoms with van der Waals surface area (Å²) in [5, 5.41) is 11.1. The minimum atomic E-state index is -4.92. The third kappa shape index (κ3) is 4.24. The molecule has 0 unspecified atom stereocenters. The summed E-state index contributed by atoms with van der Waals surface area (Å²) in [6.45, 7) is 3.25. The first-order chi connectivity index (χ1) is 18.8. The molecule has 8 nitrogen and oxygen atoms in total. The number of hydrogen-bond acceptors (Lipinski definition) is 6. The van der Waals surface area contributed by atoms with Crippen molar-refractivity contribution in [2.75, 3.05) is 19.8 Å². The van der Waals surface area contributed by atoms with Crippen molar-refractivity contribution >= 4 is 43.1 Å². The van der Waals surface area contributed by atoms with Crippen molar-refractivity contribution < 1.29 is 21.8 Å². The average molecular weight is 546 g/mol. The maximum absolute atomic E-state index is 14.0. The number of hydrogen-bond donors (Lipinski definition) is 1. The van der Waals surface area contributed by atoms with Crippen molar-refractivity contribution in [3.63, 3.8) is 0 Å². The van der Waals surface area contributed by atoms with E-state index in [1.54, 1.807) is 30.3 Å². The number of H-pyrrole nitrogens is 1. The number of aromatic nitrogens is 2. The number of nitrogens with zero attached hydrogens (tertiary/aromatic N) is 2. The maximum Gasteiger partial charge on any atom is 0.332 e. The van der Waals surface area contributed by atoms with Crippen LogP contribution in [0, 0.1) is 11.3 Å². The van der Waals surface area contributed by atoms with Gasteiger partial charge in [0, 0.05) is 35.7 Å². The van der Waals surface area contributed by atoms with E-state index >= 15 is 0 Å². The Morgan fingerprint density at radius 1 is 1.13 bits per heavy atom. The highest BCUT2D eigenvalue weighted by molar-refractivity contribution is 7.86. The smallest absolute Gasteiger partial charge is 0.332 e. The summed E-state index contributed by atoms with van der Waals surface area (Å²) < 4.78 is 50.8. The Morgan fingerprint density at radius 3 is 2.64 bits per heavy atom. The van der Waals surface area contributed by atoms with Crippen LogP contribution in [0.5, 0.6) is 5.75 Å². The summed E-state index contributed by atoms with van der Waals surface area (Å²) in [7, 11) is -4.92. The van der Waals surface area contributed by atoms with Gasteiger partial charge in [0.05, 0.1) is 39.4 Å². The van der Waals surface area contributed by atoms with Gasteiger partial charge in [-0.05, 0) is 61.7 Å². The number of aromatic amines is 1. The lowest BCUT2D eigenvalue weighted by atomic mass is 9.99. The molecule has 1 N–H and O–H groups in total. The Balaban J connectivity index is 1.74. The van der Waals surface area contributed by atoms with Crippen molar-refractivity contribution in [1.82, 2.24) is 9.55 Å². The average Bonchev–Trinajstić information content (AvgIpc) is 3.32. The largest absolute Gasteiger partial charge is 0.493 e. The Bertz CT molecular complexity index is 1980. The van der Waals surface area contributed by atoms with Crippen LogP contribution in [-0.4, -0.2) is 37.8 Å². The SMILES string of the molecule is CCOc1cc2c(=O)c3c4ccc(C#N)cc4[nH]c3n(C3CCOCC3)c2cc1-c1cccc(S(=O)(=O)F)c1. The summed E-state index contributed by atoms with van der Waals surface area (Å²) in [5.41, 5.74) is 3.23. The van der Waals surface area contributed by atoms with Crippen molar-refractivity contribution in [3.05, 3.63) is 70.4 Å². The highest BCUT2D eigenvalue weighted by Crippen LogP contribution is 2.39. The standard InChI is InChI=1S/C29H24FN3O5S/c1-2-38-26-15-23-25(14-22(26)18-4-3-5-20(13-18)39(30,35)36)33(19-8-10-37-11-9-19)29-27(28(23)34)21-7-6-17(16-31)12-24(21)32-29/h3-7,12-15,19,32H,2,8-11H2,1H3. The number of rotatable bonds is 5. The molecule has 3 heterocycles. The molecule has 0 radical (unpaired) electrons. The van der Waals surface area contributed by atoms with Gasteiger partial charge in [-0.3, -0.25) is 4.79 Å². The van der Waals surface area contributed by atoms with Gasteiger partial charge in [-0.15, -0.1) is 3.89 Å². The number of benzene rings is 3. The summed E-state index contributed by atoms with van der Waals surface area (Å²) in [4.78, 5) is 17.0. The molecule has 6 rings (SSSR count). The van der Waals surface area contributed by atoms with Gasteiger partial charge in [-0.25, -0.2) is 0 Å². The maximum atomic E-state index is 14.0. The quantitative estimate of drug-likeness (QED) is 0.288. The normalized spacial score (nSPS) is 14.7. The number of nitriles is 1. The molecule has 0 atom stereocenters. The van der Waals surface area contributed by atoms with Crippen LogP contribution in [0.1, 0.15) is 31.4 Å². The minimum absolute atomic E-state index is 0.0104. The molecule has 0 aliphatic carbocycles. The fourth-order valence-corrected chi connectivity index (χ4v) is 6.02. The summed E-state index contributed by atoms with van der Waals surface area (Å²) in [5.74, 6) is 0.389. The number of ether oxygens (including phenoxy) is 2. The number of fused-ring (bicyclic) bond motifs is 4. The molecule has 0 saturated carbocycles. The summed E-state index contributed by atoms with van der Waals surface area (Å²) in [6, 6.07) is 16.5. The number of halogens is 1. The lowest BCUT2D eigenvalue weighted by Crippen LogP contribution is -2.22. The molecule has 2 aromatic heterocycles. The van der Waals surface area contributed by atoms with E-state index in [1.165, 1.54) is 18.2 Å². The van der Waals surface area contributed by atoms with E-state index in [-0.39, 0.29) is 11.5 Å². The third-order valence-electron chi connectivity index (χ3n) is 7.26. The molecular formula is C29H24FN3O5S. The second-order valence-corrected chi connectivity index (χ2v) is 10.9. The Kier molecular flexibility index (Phi) is 6.13. The van der Waals surface area contributed by atoms with Gasteiger partial charge in [-0.2, -0.15) is 13.7 Å². The van der Waals surface area contributed by atoms with Crippen LogP contribution in [0.4, 0.5) is 3.89 Å². The Morgan fingerprint density at radius 2 is 1.92 bits per heavy atom. The van der Waals surface area contributed by atoms with Crippen LogP contribution in [0.25, 0.3) is 44.0 Å². The molecule has 1 saturated heterocycles. The van der Waals surface area contributed by atoms with Crippen molar-refractivity contribution in [2.45, 2.75) is 30.7 Å². The molecule has 1 fully saturated rings. The number of pyridine rings is 1. The molecule has 0 spiro atoms. The third-order valence-corrected chi connectivity index (χ3v) is 8.08. The lowest BCUT2D eigenvalue weighted by molar-refractivity contribution is 0.0715. The molecule has 39 heavy (non-hydrogen) atoms. The van der Waals surface area contributed by atoms with Gasteiger partial charge in [0.1, 0.15) is 11.4 Å². The second-order valence-electron chi connectivity index (χ2n) is 9.53. The van der Waals surface area contributed by atoms with Crippen LogP contribution >= 0.6 is 0 Å². The van der Waals surface area contributed by atoms with Gasteiger partial charge in [0.2, 0.25) is 0 Å². The van der Waals surface area contributed by atoms with Crippen LogP contribution in [0.2, 0.25) is 0 Å². The molecule has 5 aromatic rings. The summed E-state index contributed by atoms with van der Waals surface area (Å²) >= 11 is 0. The first kappa shape index (κ1) is 25.1. The van der Waals surface area contributed by atoms with Gasteiger partial charge in [0.25, 0.3) is 0 Å². The molecule has 0 amide bonds. The van der Waals surface area contributed by atoms with Gasteiger partial charge >= 0.3 is 10.2 Å². The Labute approximate surface area is 223 Å². The zero-order chi connectivity index (χ0) is 27.3. The van der Waals surface area contributed by atoms with E-state index in [0.29, 0.717) is 69.7 Å². The van der Waals surface area contributed by atoms with Crippen LogP contribution < -0.4 is 10.2 Å². The fourth-order valence-electron chi connectivity index (χ4n) is 5.51. The molecule has 0 bridgehead atoms. The molecule has 198 valence electrons. The van der Waals surface area contributed by atoms with Gasteiger partial charge in [-0.1, -0.05) is 18.2 Å². The first-order valence-corrected chi connectivity index (χ1v) is 14.0. The summed E-state index contributed by atoms with van der Waals surface area (Å²) in [6.07, 6.45) is 1.45. The van der Waals surface area contributed by atoms with Crippen molar-refractivity contribution in [3.8, 4) is 22.9 Å². The van der Waals surface area contributed by atoms with Crippen molar-refractivity contribution in [2.24, 2.45) is 0 Å². The van der Waals surface area contributed by atoms with E-state index in [0.717, 1.165) is 18.2 Å². The number of nitrogens with one attached hydrogen (secondary N) is 1. The van der Waals surface area contributed by atoms with E-state index in [2.05, 4.69) is 15.6 Å². The first-order valence-electron chi connectivity index (χ1n) is 12.6. The van der Waals surface area contributed by atoms with Crippen molar-refractivity contribution in [1.29, 1.82) is 5.26 Å². The van der Waals surface area contributed by atoms with Gasteiger partial charge < -0.3 is 19.0 Å². The topological polar surface area (TPSA) is 114 Å². The van der Waals surface area contributed by atoms with Crippen LogP contribution in [0.15, 0.2) is 64.3 Å². The van der Waals surface area contributed by atoms with Crippen LogP contribution in [-0.2, 0) is 15.0 Å². The molecule has 3 aromatic carbocycles. The minimum Gasteiger partial charge on any atom is -0.493 e. The van der Waals surface area contributed by atoms with E-state index < -0.39 is 15.1 Å². The fraction of sp³-hybridized carbons (Fsp3) is 0.241. The van der Waals surface area contributed by atoms with E-state index in [1.807, 2.05) is 13.0 Å². The second kappa shape index (κ2) is 9.52. The zero-order valence-corrected chi connectivity index (χ0v) is 21.8.